The molecule has 0 bridgehead atoms. The summed E-state index contributed by atoms with van der Waals surface area (Å²) in [5.74, 6) is -3.24. The second kappa shape index (κ2) is 3.61. The summed E-state index contributed by atoms with van der Waals surface area (Å²) in [4.78, 5) is 11.8. The third kappa shape index (κ3) is 1.76. The number of rotatable bonds is 3. The van der Waals surface area contributed by atoms with Crippen molar-refractivity contribution in [3.05, 3.63) is 0 Å². The van der Waals surface area contributed by atoms with Gasteiger partial charge < -0.3 is 5.32 Å². The van der Waals surface area contributed by atoms with Crippen LogP contribution in [-0.4, -0.2) is 40.9 Å². The van der Waals surface area contributed by atoms with E-state index in [0.717, 1.165) is 24.8 Å². The average molecular weight is 261 g/mol. The van der Waals surface area contributed by atoms with E-state index in [0.29, 0.717) is 0 Å². The average Bonchev–Trinajstić information content (AvgIpc) is 2.94. The van der Waals surface area contributed by atoms with Gasteiger partial charge in [-0.05, 0) is 12.8 Å². The number of hydrogen-bond acceptors (Lipinski definition) is 4. The Balaban J connectivity index is 1.82. The number of fused-ring (bicyclic) bond motifs is 1. The summed E-state index contributed by atoms with van der Waals surface area (Å²) in [7, 11) is 0. The summed E-state index contributed by atoms with van der Waals surface area (Å²) in [5.41, 5.74) is 0. The van der Waals surface area contributed by atoms with Crippen molar-refractivity contribution in [2.75, 3.05) is 0 Å². The number of hydrogen-bond donors (Lipinski definition) is 1. The van der Waals surface area contributed by atoms with Gasteiger partial charge >= 0.3 is 0 Å². The van der Waals surface area contributed by atoms with Crippen molar-refractivity contribution in [2.24, 2.45) is 11.0 Å². The van der Waals surface area contributed by atoms with Crippen molar-refractivity contribution in [3.8, 4) is 0 Å². The van der Waals surface area contributed by atoms with Crippen molar-refractivity contribution < 1.29 is 18.0 Å². The Morgan fingerprint density at radius 1 is 1.50 bits per heavy atom. The Kier molecular flexibility index (Phi) is 2.37. The van der Waals surface area contributed by atoms with Gasteiger partial charge in [-0.2, -0.15) is 5.10 Å². The minimum Gasteiger partial charge on any atom is -0.342 e. The molecule has 4 nitrogen and oxygen atoms in total. The molecule has 100 valence electrons. The van der Waals surface area contributed by atoms with E-state index in [-0.39, 0.29) is 24.0 Å². The van der Waals surface area contributed by atoms with Crippen molar-refractivity contribution in [1.29, 1.82) is 0 Å². The Bertz CT molecular complexity index is 416. The molecule has 2 heterocycles. The van der Waals surface area contributed by atoms with E-state index >= 15 is 0 Å². The van der Waals surface area contributed by atoms with Crippen LogP contribution in [0.3, 0.4) is 0 Å². The van der Waals surface area contributed by atoms with Gasteiger partial charge in [0, 0.05) is 19.3 Å². The molecule has 3 aliphatic rings. The molecular formula is C11H14F3N3O. The van der Waals surface area contributed by atoms with Gasteiger partial charge in [-0.25, -0.2) is 13.2 Å². The number of halogens is 3. The minimum atomic E-state index is -3.04. The Morgan fingerprint density at radius 3 is 2.72 bits per heavy atom. The molecule has 1 saturated heterocycles. The lowest BCUT2D eigenvalue weighted by Gasteiger charge is -2.25. The summed E-state index contributed by atoms with van der Waals surface area (Å²) in [6.45, 7) is 0.753. The summed E-state index contributed by atoms with van der Waals surface area (Å²) in [5, 5.41) is 7.55. The Labute approximate surface area is 102 Å². The maximum atomic E-state index is 13.7. The highest BCUT2D eigenvalue weighted by Gasteiger charge is 2.54. The molecule has 3 atom stereocenters. The van der Waals surface area contributed by atoms with Gasteiger partial charge in [0.25, 0.3) is 5.92 Å². The first-order chi connectivity index (χ1) is 8.38. The largest absolute Gasteiger partial charge is 0.342 e. The van der Waals surface area contributed by atoms with Crippen LogP contribution in [0.4, 0.5) is 13.2 Å². The van der Waals surface area contributed by atoms with Crippen molar-refractivity contribution in [2.45, 2.75) is 50.5 Å². The predicted molar refractivity (Wildman–Crippen MR) is 57.9 cm³/mol. The SMILES string of the molecule is CC(F)(F)[C@@H]1C[C@H](F)C2NC(C(=O)C3CC3)=NN21. The fourth-order valence-corrected chi connectivity index (χ4v) is 2.48. The predicted octanol–water partition coefficient (Wildman–Crippen LogP) is 1.28. The highest BCUT2D eigenvalue weighted by atomic mass is 19.3. The third-order valence-corrected chi connectivity index (χ3v) is 3.66. The summed E-state index contributed by atoms with van der Waals surface area (Å²) in [6, 6.07) is -1.28. The van der Waals surface area contributed by atoms with Gasteiger partial charge in [0.05, 0.1) is 0 Å². The lowest BCUT2D eigenvalue weighted by atomic mass is 10.1. The smallest absolute Gasteiger partial charge is 0.267 e. The lowest BCUT2D eigenvalue weighted by Crippen LogP contribution is -2.45. The fraction of sp³-hybridized carbons (Fsp3) is 0.818. The second-order valence-corrected chi connectivity index (χ2v) is 5.28. The highest BCUT2D eigenvalue weighted by Crippen LogP contribution is 2.38. The van der Waals surface area contributed by atoms with Crippen molar-refractivity contribution in [3.63, 3.8) is 0 Å². The number of carbonyl (C=O) groups is 1. The zero-order valence-corrected chi connectivity index (χ0v) is 9.87. The summed E-state index contributed by atoms with van der Waals surface area (Å²) in [6.07, 6.45) is -1.02. The van der Waals surface area contributed by atoms with Crippen molar-refractivity contribution in [1.82, 2.24) is 10.3 Å². The van der Waals surface area contributed by atoms with Crippen LogP contribution in [0.1, 0.15) is 26.2 Å². The number of hydrazone groups is 1. The van der Waals surface area contributed by atoms with Crippen LogP contribution in [0, 0.1) is 5.92 Å². The molecule has 0 amide bonds. The van der Waals surface area contributed by atoms with Crippen LogP contribution in [0.5, 0.6) is 0 Å². The van der Waals surface area contributed by atoms with E-state index in [9.17, 15) is 18.0 Å². The molecule has 1 N–H and O–H groups in total. The normalized spacial score (nSPS) is 35.2. The van der Waals surface area contributed by atoms with Crippen LogP contribution in [0.15, 0.2) is 5.10 Å². The van der Waals surface area contributed by atoms with Crippen LogP contribution in [0.25, 0.3) is 0 Å². The number of alkyl halides is 3. The molecule has 18 heavy (non-hydrogen) atoms. The van der Waals surface area contributed by atoms with E-state index in [4.69, 9.17) is 0 Å². The molecule has 1 unspecified atom stereocenters. The van der Waals surface area contributed by atoms with Gasteiger partial charge in [-0.15, -0.1) is 0 Å². The van der Waals surface area contributed by atoms with Crippen LogP contribution in [0.2, 0.25) is 0 Å². The summed E-state index contributed by atoms with van der Waals surface area (Å²) >= 11 is 0. The maximum Gasteiger partial charge on any atom is 0.267 e. The zero-order valence-electron chi connectivity index (χ0n) is 9.87. The lowest BCUT2D eigenvalue weighted by molar-refractivity contribution is -0.114. The first kappa shape index (κ1) is 11.8. The van der Waals surface area contributed by atoms with Gasteiger partial charge in [0.1, 0.15) is 18.4 Å². The number of carbonyl (C=O) groups excluding carboxylic acids is 1. The van der Waals surface area contributed by atoms with Gasteiger partial charge in [-0.1, -0.05) is 0 Å². The Hall–Kier alpha value is -1.27. The van der Waals surface area contributed by atoms with Crippen LogP contribution < -0.4 is 5.32 Å². The fourth-order valence-electron chi connectivity index (χ4n) is 2.48. The molecule has 0 aromatic rings. The maximum absolute atomic E-state index is 13.7. The number of ketones is 1. The zero-order chi connectivity index (χ0) is 13.1. The van der Waals surface area contributed by atoms with E-state index in [1.807, 2.05) is 0 Å². The van der Waals surface area contributed by atoms with E-state index in [1.165, 1.54) is 0 Å². The molecule has 0 spiro atoms. The molecule has 3 rings (SSSR count). The molecule has 0 radical (unpaired) electrons. The molecule has 0 aromatic carbocycles. The van der Waals surface area contributed by atoms with Crippen LogP contribution in [-0.2, 0) is 4.79 Å². The number of nitrogens with zero attached hydrogens (tertiary/aromatic N) is 2. The van der Waals surface area contributed by atoms with E-state index in [1.54, 1.807) is 0 Å². The first-order valence-corrected chi connectivity index (χ1v) is 6.07. The molecule has 2 aliphatic heterocycles. The Morgan fingerprint density at radius 2 is 2.17 bits per heavy atom. The number of Topliss-reactive ketones (excluding diaryl/α,β-unsaturated/α-hetero) is 1. The second-order valence-electron chi connectivity index (χ2n) is 5.28. The summed E-state index contributed by atoms with van der Waals surface area (Å²) < 4.78 is 40.4. The first-order valence-electron chi connectivity index (χ1n) is 6.07. The molecule has 0 aromatic heterocycles. The number of amidine groups is 1. The third-order valence-electron chi connectivity index (χ3n) is 3.66. The van der Waals surface area contributed by atoms with Gasteiger partial charge in [0.2, 0.25) is 5.78 Å². The topological polar surface area (TPSA) is 44.7 Å². The molecule has 2 fully saturated rings. The molecule has 1 saturated carbocycles. The van der Waals surface area contributed by atoms with E-state index < -0.39 is 24.3 Å². The molecule has 1 aliphatic carbocycles. The van der Waals surface area contributed by atoms with Crippen LogP contribution >= 0.6 is 0 Å². The van der Waals surface area contributed by atoms with Crippen molar-refractivity contribution >= 4 is 11.6 Å². The van der Waals surface area contributed by atoms with Gasteiger partial charge in [-0.3, -0.25) is 9.80 Å². The molecular weight excluding hydrogens is 247 g/mol. The molecule has 7 heteroatoms. The monoisotopic (exact) mass is 261 g/mol. The highest BCUT2D eigenvalue weighted by molar-refractivity contribution is 6.40. The number of nitrogens with one attached hydrogen (secondary N) is 1. The van der Waals surface area contributed by atoms with Gasteiger partial charge in [0.15, 0.2) is 5.84 Å². The quantitative estimate of drug-likeness (QED) is 0.832. The minimum absolute atomic E-state index is 0.0408. The van der Waals surface area contributed by atoms with E-state index in [2.05, 4.69) is 10.4 Å². The standard InChI is InChI=1S/C11H14F3N3O/c1-11(13,14)7-4-6(12)10-15-9(16-17(7)10)8(18)5-2-3-5/h5-7,10H,2-4H2,1H3,(H,15,16)/t6-,7-,10?/m0/s1.